The molecule has 1 aromatic rings. The van der Waals surface area contributed by atoms with Gasteiger partial charge >= 0.3 is 12.1 Å². The SMILES string of the molecule is COC(=O)CCCc1cccc(C(F)(F)F)c1. The molecule has 0 aliphatic rings. The van der Waals surface area contributed by atoms with E-state index >= 15 is 0 Å². The Labute approximate surface area is 97.4 Å². The summed E-state index contributed by atoms with van der Waals surface area (Å²) in [7, 11) is 1.28. The van der Waals surface area contributed by atoms with Gasteiger partial charge in [0.1, 0.15) is 0 Å². The molecule has 0 unspecified atom stereocenters. The zero-order valence-corrected chi connectivity index (χ0v) is 9.38. The molecule has 0 N–H and O–H groups in total. The van der Waals surface area contributed by atoms with Gasteiger partial charge in [0.15, 0.2) is 0 Å². The van der Waals surface area contributed by atoms with Gasteiger partial charge in [-0.05, 0) is 24.5 Å². The molecule has 0 aliphatic carbocycles. The molecule has 0 aromatic heterocycles. The molecular formula is C12H13F3O2. The number of esters is 1. The number of hydrogen-bond donors (Lipinski definition) is 0. The third-order valence-electron chi connectivity index (χ3n) is 2.33. The third-order valence-corrected chi connectivity index (χ3v) is 2.33. The smallest absolute Gasteiger partial charge is 0.416 e. The van der Waals surface area contributed by atoms with E-state index in [2.05, 4.69) is 4.74 Å². The number of hydrogen-bond acceptors (Lipinski definition) is 2. The zero-order chi connectivity index (χ0) is 12.9. The van der Waals surface area contributed by atoms with Gasteiger partial charge in [-0.15, -0.1) is 0 Å². The lowest BCUT2D eigenvalue weighted by molar-refractivity contribution is -0.141. The predicted molar refractivity (Wildman–Crippen MR) is 56.4 cm³/mol. The van der Waals surface area contributed by atoms with Crippen molar-refractivity contribution in [1.29, 1.82) is 0 Å². The number of carbonyl (C=O) groups is 1. The Morgan fingerprint density at radius 2 is 2.06 bits per heavy atom. The number of aryl methyl sites for hydroxylation is 1. The maximum Gasteiger partial charge on any atom is 0.416 e. The summed E-state index contributed by atoms with van der Waals surface area (Å²) < 4.78 is 41.6. The van der Waals surface area contributed by atoms with E-state index in [1.165, 1.54) is 13.2 Å². The van der Waals surface area contributed by atoms with Gasteiger partial charge in [-0.1, -0.05) is 18.2 Å². The summed E-state index contributed by atoms with van der Waals surface area (Å²) in [6, 6.07) is 5.13. The van der Waals surface area contributed by atoms with Crippen LogP contribution in [0.5, 0.6) is 0 Å². The highest BCUT2D eigenvalue weighted by atomic mass is 19.4. The maximum atomic E-state index is 12.4. The Kier molecular flexibility index (Phi) is 4.54. The summed E-state index contributed by atoms with van der Waals surface area (Å²) in [5.41, 5.74) is -0.0863. The Morgan fingerprint density at radius 3 is 2.65 bits per heavy atom. The summed E-state index contributed by atoms with van der Waals surface area (Å²) in [6.07, 6.45) is -3.20. The number of ether oxygens (including phenoxy) is 1. The monoisotopic (exact) mass is 246 g/mol. The summed E-state index contributed by atoms with van der Waals surface area (Å²) in [5, 5.41) is 0. The zero-order valence-electron chi connectivity index (χ0n) is 9.38. The topological polar surface area (TPSA) is 26.3 Å². The highest BCUT2D eigenvalue weighted by molar-refractivity contribution is 5.69. The van der Waals surface area contributed by atoms with Crippen LogP contribution in [0.3, 0.4) is 0 Å². The molecule has 2 nitrogen and oxygen atoms in total. The van der Waals surface area contributed by atoms with Crippen LogP contribution in [0.2, 0.25) is 0 Å². The minimum atomic E-state index is -4.32. The fraction of sp³-hybridized carbons (Fsp3) is 0.417. The van der Waals surface area contributed by atoms with Crippen LogP contribution in [-0.2, 0) is 22.1 Å². The average Bonchev–Trinajstić information content (AvgIpc) is 2.28. The largest absolute Gasteiger partial charge is 0.469 e. The van der Waals surface area contributed by atoms with Gasteiger partial charge in [-0.2, -0.15) is 13.2 Å². The molecule has 0 fully saturated rings. The Bertz CT molecular complexity index is 386. The molecule has 0 radical (unpaired) electrons. The van der Waals surface area contributed by atoms with E-state index < -0.39 is 11.7 Å². The first-order chi connectivity index (χ1) is 7.93. The van der Waals surface area contributed by atoms with Crippen LogP contribution in [0.15, 0.2) is 24.3 Å². The second-order valence-electron chi connectivity index (χ2n) is 3.63. The molecule has 0 saturated carbocycles. The van der Waals surface area contributed by atoms with Crippen LogP contribution in [-0.4, -0.2) is 13.1 Å². The highest BCUT2D eigenvalue weighted by Crippen LogP contribution is 2.29. The van der Waals surface area contributed by atoms with Crippen molar-refractivity contribution >= 4 is 5.97 Å². The van der Waals surface area contributed by atoms with Crippen molar-refractivity contribution in [2.75, 3.05) is 7.11 Å². The van der Waals surface area contributed by atoms with Gasteiger partial charge in [0.05, 0.1) is 12.7 Å². The second kappa shape index (κ2) is 5.70. The first-order valence-electron chi connectivity index (χ1n) is 5.16. The molecule has 1 rings (SSSR count). The van der Waals surface area contributed by atoms with Crippen molar-refractivity contribution in [3.8, 4) is 0 Å². The van der Waals surface area contributed by atoms with Crippen LogP contribution in [0.1, 0.15) is 24.0 Å². The quantitative estimate of drug-likeness (QED) is 0.762. The predicted octanol–water partition coefficient (Wildman–Crippen LogP) is 3.20. The van der Waals surface area contributed by atoms with Crippen LogP contribution in [0, 0.1) is 0 Å². The highest BCUT2D eigenvalue weighted by Gasteiger charge is 2.30. The number of methoxy groups -OCH3 is 1. The van der Waals surface area contributed by atoms with Gasteiger partial charge in [0.25, 0.3) is 0 Å². The fourth-order valence-electron chi connectivity index (χ4n) is 1.44. The first-order valence-corrected chi connectivity index (χ1v) is 5.16. The normalized spacial score (nSPS) is 11.3. The van der Waals surface area contributed by atoms with Gasteiger partial charge in [0, 0.05) is 6.42 Å². The van der Waals surface area contributed by atoms with Crippen molar-refractivity contribution in [1.82, 2.24) is 0 Å². The molecule has 5 heteroatoms. The molecule has 0 saturated heterocycles. The molecule has 1 aromatic carbocycles. The van der Waals surface area contributed by atoms with E-state index in [-0.39, 0.29) is 12.4 Å². The Balaban J connectivity index is 2.58. The minimum Gasteiger partial charge on any atom is -0.469 e. The van der Waals surface area contributed by atoms with Gasteiger partial charge in [-0.3, -0.25) is 4.79 Å². The van der Waals surface area contributed by atoms with Crippen LogP contribution >= 0.6 is 0 Å². The number of carbonyl (C=O) groups excluding carboxylic acids is 1. The van der Waals surface area contributed by atoms with Crippen molar-refractivity contribution in [3.63, 3.8) is 0 Å². The summed E-state index contributed by atoms with van der Waals surface area (Å²) in [6.45, 7) is 0. The molecule has 0 spiro atoms. The Morgan fingerprint density at radius 1 is 1.35 bits per heavy atom. The molecule has 0 atom stereocenters. The molecule has 0 bridgehead atoms. The molecule has 0 aliphatic heterocycles. The molecule has 17 heavy (non-hydrogen) atoms. The number of rotatable bonds is 4. The van der Waals surface area contributed by atoms with Crippen molar-refractivity contribution < 1.29 is 22.7 Å². The van der Waals surface area contributed by atoms with Crippen molar-refractivity contribution in [3.05, 3.63) is 35.4 Å². The van der Waals surface area contributed by atoms with Crippen molar-refractivity contribution in [2.24, 2.45) is 0 Å². The molecule has 0 heterocycles. The van der Waals surface area contributed by atoms with Crippen molar-refractivity contribution in [2.45, 2.75) is 25.4 Å². The van der Waals surface area contributed by atoms with Gasteiger partial charge in [-0.25, -0.2) is 0 Å². The van der Waals surface area contributed by atoms with E-state index in [9.17, 15) is 18.0 Å². The number of alkyl halides is 3. The van der Waals surface area contributed by atoms with Crippen LogP contribution < -0.4 is 0 Å². The lowest BCUT2D eigenvalue weighted by Gasteiger charge is -2.08. The number of halogens is 3. The molecule has 94 valence electrons. The van der Waals surface area contributed by atoms with Gasteiger partial charge in [0.2, 0.25) is 0 Å². The standard InChI is InChI=1S/C12H13F3O2/c1-17-11(16)7-3-5-9-4-2-6-10(8-9)12(13,14)15/h2,4,6,8H,3,5,7H2,1H3. The summed E-state index contributed by atoms with van der Waals surface area (Å²) in [5.74, 6) is -0.350. The fourth-order valence-corrected chi connectivity index (χ4v) is 1.44. The lowest BCUT2D eigenvalue weighted by atomic mass is 10.1. The Hall–Kier alpha value is -1.52. The third kappa shape index (κ3) is 4.46. The molecular weight excluding hydrogens is 233 g/mol. The van der Waals surface area contributed by atoms with E-state index in [1.54, 1.807) is 6.07 Å². The molecule has 0 amide bonds. The van der Waals surface area contributed by atoms with E-state index in [4.69, 9.17) is 0 Å². The van der Waals surface area contributed by atoms with E-state index in [0.29, 0.717) is 18.4 Å². The van der Waals surface area contributed by atoms with Crippen LogP contribution in [0.25, 0.3) is 0 Å². The summed E-state index contributed by atoms with van der Waals surface area (Å²) >= 11 is 0. The maximum absolute atomic E-state index is 12.4. The van der Waals surface area contributed by atoms with Gasteiger partial charge < -0.3 is 4.74 Å². The second-order valence-corrected chi connectivity index (χ2v) is 3.63. The van der Waals surface area contributed by atoms with E-state index in [0.717, 1.165) is 12.1 Å². The minimum absolute atomic E-state index is 0.215. The first kappa shape index (κ1) is 13.5. The van der Waals surface area contributed by atoms with Crippen LogP contribution in [0.4, 0.5) is 13.2 Å². The van der Waals surface area contributed by atoms with E-state index in [1.807, 2.05) is 0 Å². The lowest BCUT2D eigenvalue weighted by Crippen LogP contribution is -2.05. The summed E-state index contributed by atoms with van der Waals surface area (Å²) in [4.78, 5) is 10.8. The number of benzene rings is 1. The average molecular weight is 246 g/mol.